The number of nitrogens with zero attached hydrogens (tertiary/aromatic N) is 1. The molecule has 5 rings (SSSR count). The predicted molar refractivity (Wildman–Crippen MR) is 149 cm³/mol. The van der Waals surface area contributed by atoms with E-state index >= 15 is 0 Å². The number of ketones is 1. The van der Waals surface area contributed by atoms with Crippen LogP contribution < -0.4 is 15.9 Å². The number of ether oxygens (including phenoxy) is 1. The van der Waals surface area contributed by atoms with Crippen molar-refractivity contribution in [2.24, 2.45) is 0 Å². The van der Waals surface area contributed by atoms with Crippen LogP contribution in [0.3, 0.4) is 0 Å². The number of benzene rings is 2. The fourth-order valence-electron chi connectivity index (χ4n) is 5.77. The molecule has 1 heterocycles. The smallest absolute Gasteiger partial charge is 0.251 e. The maximum absolute atomic E-state index is 13.1. The highest BCUT2D eigenvalue weighted by Gasteiger charge is 2.21. The number of hydrogen-bond donors (Lipinski definition) is 1. The van der Waals surface area contributed by atoms with Crippen molar-refractivity contribution in [2.75, 3.05) is 0 Å². The zero-order chi connectivity index (χ0) is 25.8. The lowest BCUT2D eigenvalue weighted by Gasteiger charge is -2.26. The lowest BCUT2D eigenvalue weighted by molar-refractivity contribution is 0.00248. The van der Waals surface area contributed by atoms with Crippen LogP contribution in [-0.2, 0) is 17.8 Å². The minimum absolute atomic E-state index is 0.0937. The Morgan fingerprint density at radius 3 is 2.49 bits per heavy atom. The van der Waals surface area contributed by atoms with Gasteiger partial charge in [0, 0.05) is 52.1 Å². The SMILES string of the molecule is CCCC(=O)c1ccc(CNC(=O)c2ccc3c(c2)c2c(n3CC)=CCC(OC3CCCCC3)C=2)cc1. The highest BCUT2D eigenvalue weighted by molar-refractivity contribution is 5.98. The number of aromatic nitrogens is 1. The van der Waals surface area contributed by atoms with Gasteiger partial charge in [0.05, 0.1) is 12.2 Å². The van der Waals surface area contributed by atoms with Crippen molar-refractivity contribution in [2.45, 2.75) is 90.5 Å². The molecule has 1 unspecified atom stereocenters. The van der Waals surface area contributed by atoms with Gasteiger partial charge in [0.15, 0.2) is 5.78 Å². The third-order valence-corrected chi connectivity index (χ3v) is 7.74. The van der Waals surface area contributed by atoms with Gasteiger partial charge < -0.3 is 14.6 Å². The predicted octanol–water partition coefficient (Wildman–Crippen LogP) is 5.26. The van der Waals surface area contributed by atoms with Crippen LogP contribution in [0, 0.1) is 0 Å². The molecule has 2 aromatic carbocycles. The van der Waals surface area contributed by atoms with Gasteiger partial charge in [-0.2, -0.15) is 0 Å². The summed E-state index contributed by atoms with van der Waals surface area (Å²) in [7, 11) is 0. The second kappa shape index (κ2) is 11.5. The van der Waals surface area contributed by atoms with Gasteiger partial charge in [-0.15, -0.1) is 0 Å². The molecule has 2 aliphatic rings. The molecular formula is C32H38N2O3. The number of carbonyl (C=O) groups excluding carboxylic acids is 2. The molecule has 1 atom stereocenters. The minimum Gasteiger partial charge on any atom is -0.371 e. The third-order valence-electron chi connectivity index (χ3n) is 7.74. The van der Waals surface area contributed by atoms with Crippen molar-refractivity contribution >= 4 is 34.7 Å². The first kappa shape index (κ1) is 25.5. The highest BCUT2D eigenvalue weighted by Crippen LogP contribution is 2.23. The first-order chi connectivity index (χ1) is 18.1. The lowest BCUT2D eigenvalue weighted by Crippen LogP contribution is -2.36. The molecule has 0 aliphatic heterocycles. The van der Waals surface area contributed by atoms with Crippen LogP contribution in [0.15, 0.2) is 42.5 Å². The molecule has 1 aromatic heterocycles. The van der Waals surface area contributed by atoms with E-state index in [-0.39, 0.29) is 17.8 Å². The van der Waals surface area contributed by atoms with Crippen molar-refractivity contribution in [3.63, 3.8) is 0 Å². The Balaban J connectivity index is 1.35. The molecule has 0 saturated heterocycles. The summed E-state index contributed by atoms with van der Waals surface area (Å²) < 4.78 is 8.82. The minimum atomic E-state index is -0.0965. The normalized spacial score (nSPS) is 17.6. The van der Waals surface area contributed by atoms with Gasteiger partial charge in [-0.05, 0) is 62.4 Å². The second-order valence-electron chi connectivity index (χ2n) is 10.4. The van der Waals surface area contributed by atoms with Gasteiger partial charge in [-0.3, -0.25) is 9.59 Å². The maximum Gasteiger partial charge on any atom is 0.251 e. The largest absolute Gasteiger partial charge is 0.371 e. The zero-order valence-corrected chi connectivity index (χ0v) is 22.1. The van der Waals surface area contributed by atoms with Crippen LogP contribution in [0.2, 0.25) is 0 Å². The molecule has 37 heavy (non-hydrogen) atoms. The molecule has 1 amide bonds. The quantitative estimate of drug-likeness (QED) is 0.410. The number of rotatable bonds is 9. The summed E-state index contributed by atoms with van der Waals surface area (Å²) in [5.74, 6) is 0.0648. The Hall–Kier alpha value is -3.18. The Labute approximate surface area is 219 Å². The van der Waals surface area contributed by atoms with Crippen molar-refractivity contribution in [3.8, 4) is 0 Å². The maximum atomic E-state index is 13.1. The van der Waals surface area contributed by atoms with Gasteiger partial charge in [0.2, 0.25) is 0 Å². The van der Waals surface area contributed by atoms with Crippen molar-refractivity contribution in [1.29, 1.82) is 0 Å². The van der Waals surface area contributed by atoms with E-state index in [1.54, 1.807) is 0 Å². The Morgan fingerprint density at radius 2 is 1.76 bits per heavy atom. The molecule has 0 bridgehead atoms. The van der Waals surface area contributed by atoms with E-state index < -0.39 is 0 Å². The monoisotopic (exact) mass is 498 g/mol. The molecule has 1 N–H and O–H groups in total. The molecule has 3 aromatic rings. The topological polar surface area (TPSA) is 60.3 Å². The molecular weight excluding hydrogens is 460 g/mol. The fraction of sp³-hybridized carbons (Fsp3) is 0.438. The summed E-state index contributed by atoms with van der Waals surface area (Å²) >= 11 is 0. The lowest BCUT2D eigenvalue weighted by atomic mass is 9.97. The first-order valence-corrected chi connectivity index (χ1v) is 14.0. The third kappa shape index (κ3) is 5.57. The van der Waals surface area contributed by atoms with Gasteiger partial charge in [-0.25, -0.2) is 0 Å². The molecule has 1 fully saturated rings. The van der Waals surface area contributed by atoms with E-state index in [9.17, 15) is 9.59 Å². The summed E-state index contributed by atoms with van der Waals surface area (Å²) in [6.45, 7) is 5.48. The van der Waals surface area contributed by atoms with Gasteiger partial charge in [0.1, 0.15) is 0 Å². The first-order valence-electron chi connectivity index (χ1n) is 14.0. The van der Waals surface area contributed by atoms with Crippen molar-refractivity contribution in [3.05, 3.63) is 69.7 Å². The summed E-state index contributed by atoms with van der Waals surface area (Å²) in [5.41, 5.74) is 3.51. The summed E-state index contributed by atoms with van der Waals surface area (Å²) in [5, 5.41) is 6.57. The number of fused-ring (bicyclic) bond motifs is 3. The Morgan fingerprint density at radius 1 is 1.00 bits per heavy atom. The van der Waals surface area contributed by atoms with E-state index in [1.807, 2.05) is 43.3 Å². The van der Waals surface area contributed by atoms with E-state index in [0.29, 0.717) is 24.6 Å². The van der Waals surface area contributed by atoms with Crippen LogP contribution in [0.25, 0.3) is 23.1 Å². The van der Waals surface area contributed by atoms with Crippen molar-refractivity contribution in [1.82, 2.24) is 9.88 Å². The number of nitrogens with one attached hydrogen (secondary N) is 1. The molecule has 2 aliphatic carbocycles. The van der Waals surface area contributed by atoms with Crippen LogP contribution in [0.4, 0.5) is 0 Å². The number of Topliss-reactive ketones (excluding diaryl/α,β-unsaturated/α-hetero) is 1. The molecule has 0 spiro atoms. The van der Waals surface area contributed by atoms with Gasteiger partial charge in [0.25, 0.3) is 5.91 Å². The van der Waals surface area contributed by atoms with Crippen LogP contribution >= 0.6 is 0 Å². The van der Waals surface area contributed by atoms with E-state index in [1.165, 1.54) is 29.8 Å². The molecule has 5 heteroatoms. The highest BCUT2D eigenvalue weighted by atomic mass is 16.5. The molecule has 5 nitrogen and oxygen atoms in total. The van der Waals surface area contributed by atoms with Crippen LogP contribution in [0.5, 0.6) is 0 Å². The Bertz CT molecular complexity index is 1390. The van der Waals surface area contributed by atoms with Crippen molar-refractivity contribution < 1.29 is 14.3 Å². The van der Waals surface area contributed by atoms with Crippen LogP contribution in [0.1, 0.15) is 91.5 Å². The van der Waals surface area contributed by atoms with Gasteiger partial charge in [-0.1, -0.05) is 56.5 Å². The standard InChI is InChI=1S/C32H38N2O3/c1-3-8-31(35)23-13-11-22(12-14-23)21-33-32(36)24-15-17-29-27(19-24)28-20-26(16-18-30(28)34(29)4-2)37-25-9-6-5-7-10-25/h11-15,17-20,25-26H,3-10,16,21H2,1-2H3,(H,33,36). The number of aryl methyl sites for hydroxylation is 1. The average Bonchev–Trinajstić information content (AvgIpc) is 3.25. The number of carbonyl (C=O) groups is 2. The summed E-state index contributed by atoms with van der Waals surface area (Å²) in [6, 6.07) is 13.5. The Kier molecular flexibility index (Phi) is 7.90. The van der Waals surface area contributed by atoms with E-state index in [2.05, 4.69) is 35.0 Å². The summed E-state index contributed by atoms with van der Waals surface area (Å²) in [4.78, 5) is 25.2. The van der Waals surface area contributed by atoms with Gasteiger partial charge >= 0.3 is 0 Å². The number of hydrogen-bond acceptors (Lipinski definition) is 3. The number of amides is 1. The zero-order valence-electron chi connectivity index (χ0n) is 22.1. The van der Waals surface area contributed by atoms with E-state index in [0.717, 1.165) is 54.3 Å². The summed E-state index contributed by atoms with van der Waals surface area (Å²) in [6.07, 6.45) is 13.5. The second-order valence-corrected chi connectivity index (χ2v) is 10.4. The van der Waals surface area contributed by atoms with E-state index in [4.69, 9.17) is 4.74 Å². The molecule has 194 valence electrons. The fourth-order valence-corrected chi connectivity index (χ4v) is 5.77. The molecule has 1 saturated carbocycles. The average molecular weight is 499 g/mol. The molecule has 0 radical (unpaired) electrons. The van der Waals surface area contributed by atoms with Crippen LogP contribution in [-0.4, -0.2) is 28.5 Å².